The first-order chi connectivity index (χ1) is 7.13. The summed E-state index contributed by atoms with van der Waals surface area (Å²) in [6.07, 6.45) is 1.63. The third-order valence-corrected chi connectivity index (χ3v) is 2.63. The van der Waals surface area contributed by atoms with Gasteiger partial charge in [0.05, 0.1) is 12.1 Å². The van der Waals surface area contributed by atoms with Crippen LogP contribution in [0.1, 0.15) is 5.56 Å². The summed E-state index contributed by atoms with van der Waals surface area (Å²) < 4.78 is 1.79. The molecule has 0 radical (unpaired) electrons. The minimum Gasteiger partial charge on any atom is -0.391 e. The predicted octanol–water partition coefficient (Wildman–Crippen LogP) is 1.68. The quantitative estimate of drug-likeness (QED) is 0.800. The third-order valence-electron chi connectivity index (χ3n) is 2.40. The van der Waals surface area contributed by atoms with Gasteiger partial charge in [0, 0.05) is 29.2 Å². The number of aromatic nitrogens is 1. The molecule has 4 heteroatoms. The number of aliphatic hydroxyl groups is 1. The van der Waals surface area contributed by atoms with Gasteiger partial charge in [0.2, 0.25) is 0 Å². The van der Waals surface area contributed by atoms with Gasteiger partial charge in [-0.15, -0.1) is 0 Å². The molecule has 15 heavy (non-hydrogen) atoms. The van der Waals surface area contributed by atoms with Crippen LogP contribution in [0.3, 0.4) is 0 Å². The Morgan fingerprint density at radius 3 is 2.87 bits per heavy atom. The summed E-state index contributed by atoms with van der Waals surface area (Å²) in [6, 6.07) is 5.09. The molecule has 2 rings (SSSR count). The zero-order valence-corrected chi connectivity index (χ0v) is 8.95. The van der Waals surface area contributed by atoms with Crippen LogP contribution in [0.2, 0.25) is 5.02 Å². The number of nitrogens with zero attached hydrogens (tertiary/aromatic N) is 1. The molecule has 0 bridgehead atoms. The second-order valence-corrected chi connectivity index (χ2v) is 3.85. The highest BCUT2D eigenvalue weighted by molar-refractivity contribution is 6.31. The summed E-state index contributed by atoms with van der Waals surface area (Å²) in [6.45, 7) is -0.245. The van der Waals surface area contributed by atoms with Crippen molar-refractivity contribution in [2.45, 2.75) is 6.61 Å². The summed E-state index contributed by atoms with van der Waals surface area (Å²) in [5.74, 6) is 0. The van der Waals surface area contributed by atoms with Crippen LogP contribution >= 0.6 is 11.6 Å². The fourth-order valence-corrected chi connectivity index (χ4v) is 1.80. The van der Waals surface area contributed by atoms with Crippen LogP contribution in [0.25, 0.3) is 10.9 Å². The average molecular weight is 224 g/mol. The lowest BCUT2D eigenvalue weighted by Gasteiger charge is -2.07. The minimum atomic E-state index is -0.245. The van der Waals surface area contributed by atoms with Gasteiger partial charge in [0.15, 0.2) is 5.43 Å². The molecule has 0 aliphatic heterocycles. The average Bonchev–Trinajstić information content (AvgIpc) is 2.23. The largest absolute Gasteiger partial charge is 0.391 e. The maximum atomic E-state index is 11.8. The maximum Gasteiger partial charge on any atom is 0.194 e. The molecule has 0 fully saturated rings. The Morgan fingerprint density at radius 1 is 1.47 bits per heavy atom. The molecule has 2 aromatic rings. The van der Waals surface area contributed by atoms with E-state index in [2.05, 4.69) is 0 Å². The van der Waals surface area contributed by atoms with E-state index in [1.165, 1.54) is 0 Å². The van der Waals surface area contributed by atoms with Gasteiger partial charge in [-0.05, 0) is 18.2 Å². The Balaban J connectivity index is 2.93. The molecule has 0 unspecified atom stereocenters. The minimum absolute atomic E-state index is 0.137. The van der Waals surface area contributed by atoms with E-state index in [4.69, 9.17) is 16.7 Å². The van der Waals surface area contributed by atoms with Gasteiger partial charge in [-0.3, -0.25) is 4.79 Å². The molecule has 1 aromatic carbocycles. The van der Waals surface area contributed by atoms with Crippen LogP contribution in [0.4, 0.5) is 0 Å². The van der Waals surface area contributed by atoms with Crippen molar-refractivity contribution in [3.8, 4) is 0 Å². The lowest BCUT2D eigenvalue weighted by atomic mass is 10.1. The number of aryl methyl sites for hydroxylation is 1. The number of halogens is 1. The third kappa shape index (κ3) is 1.64. The first kappa shape index (κ1) is 10.2. The van der Waals surface area contributed by atoms with Crippen LogP contribution in [0.5, 0.6) is 0 Å². The highest BCUT2D eigenvalue weighted by Crippen LogP contribution is 2.16. The highest BCUT2D eigenvalue weighted by atomic mass is 35.5. The molecular formula is C11H10ClNO2. The molecule has 0 amide bonds. The van der Waals surface area contributed by atoms with Crippen LogP contribution in [-0.2, 0) is 13.7 Å². The number of hydrogen-bond donors (Lipinski definition) is 1. The van der Waals surface area contributed by atoms with Gasteiger partial charge in [0.1, 0.15) is 0 Å². The lowest BCUT2D eigenvalue weighted by Crippen LogP contribution is -2.13. The summed E-state index contributed by atoms with van der Waals surface area (Å²) in [5, 5.41) is 10.2. The Hall–Kier alpha value is -1.32. The summed E-state index contributed by atoms with van der Waals surface area (Å²) in [4.78, 5) is 11.8. The number of pyridine rings is 1. The first-order valence-electron chi connectivity index (χ1n) is 4.52. The highest BCUT2D eigenvalue weighted by Gasteiger charge is 2.06. The first-order valence-corrected chi connectivity index (χ1v) is 4.90. The van der Waals surface area contributed by atoms with Crippen LogP contribution in [-0.4, -0.2) is 9.67 Å². The molecule has 0 saturated carbocycles. The molecule has 1 aromatic heterocycles. The molecule has 0 saturated heterocycles. The molecule has 3 nitrogen and oxygen atoms in total. The topological polar surface area (TPSA) is 42.2 Å². The smallest absolute Gasteiger partial charge is 0.194 e. The van der Waals surface area contributed by atoms with Crippen LogP contribution < -0.4 is 5.43 Å². The van der Waals surface area contributed by atoms with E-state index in [9.17, 15) is 4.79 Å². The van der Waals surface area contributed by atoms with Crippen molar-refractivity contribution in [2.75, 3.05) is 0 Å². The molecule has 1 heterocycles. The molecule has 0 aliphatic carbocycles. The Kier molecular flexibility index (Phi) is 2.50. The molecular weight excluding hydrogens is 214 g/mol. The van der Waals surface area contributed by atoms with E-state index in [-0.39, 0.29) is 12.0 Å². The van der Waals surface area contributed by atoms with Gasteiger partial charge in [-0.2, -0.15) is 0 Å². The zero-order valence-electron chi connectivity index (χ0n) is 8.20. The SMILES string of the molecule is Cn1cc(CO)c(=O)c2ccc(Cl)cc21. The van der Waals surface area contributed by atoms with Gasteiger partial charge in [0.25, 0.3) is 0 Å². The molecule has 0 aliphatic rings. The van der Waals surface area contributed by atoms with Crippen LogP contribution in [0, 0.1) is 0 Å². The second kappa shape index (κ2) is 3.68. The van der Waals surface area contributed by atoms with Gasteiger partial charge in [-0.1, -0.05) is 11.6 Å². The molecule has 1 N–H and O–H groups in total. The van der Waals surface area contributed by atoms with Crippen LogP contribution in [0.15, 0.2) is 29.2 Å². The number of aliphatic hydroxyl groups excluding tert-OH is 1. The van der Waals surface area contributed by atoms with Gasteiger partial charge >= 0.3 is 0 Å². The van der Waals surface area contributed by atoms with E-state index in [1.54, 1.807) is 29.0 Å². The standard InChI is InChI=1S/C11H10ClNO2/c1-13-5-7(6-14)11(15)9-3-2-8(12)4-10(9)13/h2-5,14H,6H2,1H3. The van der Waals surface area contributed by atoms with E-state index < -0.39 is 0 Å². The monoisotopic (exact) mass is 223 g/mol. The van der Waals surface area contributed by atoms with Gasteiger partial charge in [-0.25, -0.2) is 0 Å². The van der Waals surface area contributed by atoms with Crippen molar-refractivity contribution in [1.29, 1.82) is 0 Å². The number of benzene rings is 1. The predicted molar refractivity (Wildman–Crippen MR) is 60.1 cm³/mol. The number of rotatable bonds is 1. The zero-order chi connectivity index (χ0) is 11.0. The van der Waals surface area contributed by atoms with Gasteiger partial charge < -0.3 is 9.67 Å². The molecule has 78 valence electrons. The van der Waals surface area contributed by atoms with Crippen molar-refractivity contribution in [3.05, 3.63) is 45.2 Å². The van der Waals surface area contributed by atoms with E-state index >= 15 is 0 Å². The summed E-state index contributed by atoms with van der Waals surface area (Å²) >= 11 is 5.85. The van der Waals surface area contributed by atoms with Crippen molar-refractivity contribution in [2.24, 2.45) is 7.05 Å². The van der Waals surface area contributed by atoms with E-state index in [0.29, 0.717) is 16.0 Å². The summed E-state index contributed by atoms with van der Waals surface area (Å²) in [5.41, 5.74) is 1.03. The Bertz CT molecular complexity index is 575. The van der Waals surface area contributed by atoms with E-state index in [1.807, 2.05) is 7.05 Å². The fraction of sp³-hybridized carbons (Fsp3) is 0.182. The van der Waals surface area contributed by atoms with Crippen molar-refractivity contribution < 1.29 is 5.11 Å². The number of hydrogen-bond acceptors (Lipinski definition) is 2. The fourth-order valence-electron chi connectivity index (χ4n) is 1.64. The van der Waals surface area contributed by atoms with Crippen molar-refractivity contribution in [3.63, 3.8) is 0 Å². The Labute approximate surface area is 91.5 Å². The second-order valence-electron chi connectivity index (χ2n) is 3.41. The van der Waals surface area contributed by atoms with E-state index in [0.717, 1.165) is 5.52 Å². The maximum absolute atomic E-state index is 11.8. The van der Waals surface area contributed by atoms with Crippen molar-refractivity contribution in [1.82, 2.24) is 4.57 Å². The van der Waals surface area contributed by atoms with Crippen molar-refractivity contribution >= 4 is 22.5 Å². The normalized spacial score (nSPS) is 10.9. The number of fused-ring (bicyclic) bond motifs is 1. The Morgan fingerprint density at radius 2 is 2.20 bits per heavy atom. The summed E-state index contributed by atoms with van der Waals surface area (Å²) in [7, 11) is 1.82. The lowest BCUT2D eigenvalue weighted by molar-refractivity contribution is 0.280. The molecule has 0 spiro atoms. The molecule has 0 atom stereocenters.